The molecule has 1 aromatic heterocycles. The van der Waals surface area contributed by atoms with Gasteiger partial charge >= 0.3 is 0 Å². The average molecular weight is 428 g/mol. The Bertz CT molecular complexity index is 1070. The highest BCUT2D eigenvalue weighted by molar-refractivity contribution is 9.10. The number of carbonyl (C=O) groups is 1. The van der Waals surface area contributed by atoms with Crippen molar-refractivity contribution in [3.63, 3.8) is 0 Å². The summed E-state index contributed by atoms with van der Waals surface area (Å²) in [5.41, 5.74) is 1.29. The van der Waals surface area contributed by atoms with Crippen molar-refractivity contribution in [2.75, 3.05) is 6.54 Å². The zero-order chi connectivity index (χ0) is 19.2. The van der Waals surface area contributed by atoms with Crippen molar-refractivity contribution in [1.82, 2.24) is 15.1 Å². The van der Waals surface area contributed by atoms with Crippen molar-refractivity contribution in [2.45, 2.75) is 12.8 Å². The van der Waals surface area contributed by atoms with Crippen LogP contribution >= 0.6 is 15.9 Å². The molecule has 0 saturated carbocycles. The van der Waals surface area contributed by atoms with Crippen LogP contribution in [0, 0.1) is 0 Å². The highest BCUT2D eigenvalue weighted by Gasteiger charge is 2.08. The molecular formula is C20H18BrN3O3. The number of aromatic amines is 1. The first kappa shape index (κ1) is 18.8. The summed E-state index contributed by atoms with van der Waals surface area (Å²) in [6.45, 7) is 0.539. The molecule has 7 heteroatoms. The van der Waals surface area contributed by atoms with E-state index in [1.807, 2.05) is 12.1 Å². The van der Waals surface area contributed by atoms with E-state index in [0.717, 1.165) is 22.0 Å². The molecule has 2 N–H and O–H groups in total. The summed E-state index contributed by atoms with van der Waals surface area (Å²) in [7, 11) is 0. The van der Waals surface area contributed by atoms with Gasteiger partial charge in [-0.15, -0.1) is 0 Å². The van der Waals surface area contributed by atoms with E-state index in [1.165, 1.54) is 17.7 Å². The highest BCUT2D eigenvalue weighted by Crippen LogP contribution is 2.13. The number of carbonyl (C=O) groups excluding carboxylic acids is 1. The largest absolute Gasteiger partial charge is 0.352 e. The number of aromatic nitrogens is 2. The molecule has 0 aliphatic heterocycles. The molecule has 0 unspecified atom stereocenters. The minimum Gasteiger partial charge on any atom is -0.352 e. The third kappa shape index (κ3) is 5.04. The van der Waals surface area contributed by atoms with Crippen LogP contribution in [0.25, 0.3) is 5.69 Å². The zero-order valence-electron chi connectivity index (χ0n) is 14.4. The van der Waals surface area contributed by atoms with Crippen LogP contribution in [0.2, 0.25) is 0 Å². The van der Waals surface area contributed by atoms with Gasteiger partial charge < -0.3 is 5.32 Å². The Balaban J connectivity index is 1.63. The number of rotatable bonds is 6. The van der Waals surface area contributed by atoms with Crippen molar-refractivity contribution >= 4 is 21.8 Å². The lowest BCUT2D eigenvalue weighted by atomic mass is 10.1. The number of halogens is 1. The fourth-order valence-corrected chi connectivity index (χ4v) is 3.14. The maximum atomic E-state index is 12.4. The zero-order valence-corrected chi connectivity index (χ0v) is 16.0. The Morgan fingerprint density at radius 1 is 1.04 bits per heavy atom. The normalized spacial score (nSPS) is 10.6. The first-order chi connectivity index (χ1) is 13.0. The number of aryl methyl sites for hydroxylation is 1. The number of nitrogens with zero attached hydrogens (tertiary/aromatic N) is 1. The summed E-state index contributed by atoms with van der Waals surface area (Å²) < 4.78 is 2.15. The minimum absolute atomic E-state index is 0.225. The van der Waals surface area contributed by atoms with Gasteiger partial charge in [0.1, 0.15) is 0 Å². The number of hydrogen-bond acceptors (Lipinski definition) is 3. The number of nitrogens with one attached hydrogen (secondary N) is 2. The predicted octanol–water partition coefficient (Wildman–Crippen LogP) is 2.65. The maximum absolute atomic E-state index is 12.4. The van der Waals surface area contributed by atoms with E-state index in [0.29, 0.717) is 17.8 Å². The smallest absolute Gasteiger partial charge is 0.269 e. The standard InChI is InChI=1S/C20H18BrN3O3/c21-16-7-1-4-14(12-16)5-3-11-22-20(27)15-6-2-8-17(13-15)24-19(26)10-9-18(25)23-24/h1-2,4,6-10,12-13H,3,5,11H2,(H,22,27)(H,23,25). The minimum atomic E-state index is -0.392. The summed E-state index contributed by atoms with van der Waals surface area (Å²) in [4.78, 5) is 35.7. The monoisotopic (exact) mass is 427 g/mol. The van der Waals surface area contributed by atoms with Crippen molar-refractivity contribution in [2.24, 2.45) is 0 Å². The van der Waals surface area contributed by atoms with E-state index < -0.39 is 5.56 Å². The molecule has 0 bridgehead atoms. The molecule has 0 fully saturated rings. The second kappa shape index (κ2) is 8.64. The van der Waals surface area contributed by atoms with Gasteiger partial charge in [-0.25, -0.2) is 4.68 Å². The molecule has 0 aliphatic carbocycles. The molecule has 0 saturated heterocycles. The molecule has 0 radical (unpaired) electrons. The van der Waals surface area contributed by atoms with Crippen molar-refractivity contribution in [1.29, 1.82) is 0 Å². The quantitative estimate of drug-likeness (QED) is 0.593. The summed E-state index contributed by atoms with van der Waals surface area (Å²) in [6, 6.07) is 17.0. The van der Waals surface area contributed by atoms with E-state index in [9.17, 15) is 14.4 Å². The van der Waals surface area contributed by atoms with Gasteiger partial charge in [0.25, 0.3) is 17.0 Å². The third-order valence-electron chi connectivity index (χ3n) is 4.00. The molecule has 0 aliphatic rings. The molecule has 6 nitrogen and oxygen atoms in total. The third-order valence-corrected chi connectivity index (χ3v) is 4.50. The number of benzene rings is 2. The summed E-state index contributed by atoms with van der Waals surface area (Å²) in [5, 5.41) is 5.32. The Morgan fingerprint density at radius 3 is 2.67 bits per heavy atom. The fourth-order valence-electron chi connectivity index (χ4n) is 2.69. The van der Waals surface area contributed by atoms with Crippen molar-refractivity contribution < 1.29 is 4.79 Å². The highest BCUT2D eigenvalue weighted by atomic mass is 79.9. The molecule has 138 valence electrons. The molecule has 0 spiro atoms. The van der Waals surface area contributed by atoms with E-state index in [-0.39, 0.29) is 11.5 Å². The second-order valence-electron chi connectivity index (χ2n) is 6.02. The van der Waals surface area contributed by atoms with Gasteiger partial charge in [-0.2, -0.15) is 0 Å². The van der Waals surface area contributed by atoms with E-state index >= 15 is 0 Å². The lowest BCUT2D eigenvalue weighted by Gasteiger charge is -2.08. The topological polar surface area (TPSA) is 84.0 Å². The van der Waals surface area contributed by atoms with Gasteiger partial charge in [0, 0.05) is 28.7 Å². The van der Waals surface area contributed by atoms with Crippen LogP contribution in [0.3, 0.4) is 0 Å². The lowest BCUT2D eigenvalue weighted by molar-refractivity contribution is 0.0953. The van der Waals surface area contributed by atoms with Crippen LogP contribution in [-0.4, -0.2) is 22.2 Å². The molecular weight excluding hydrogens is 410 g/mol. The first-order valence-corrected chi connectivity index (χ1v) is 9.28. The van der Waals surface area contributed by atoms with Crippen molar-refractivity contribution in [3.8, 4) is 5.69 Å². The van der Waals surface area contributed by atoms with Crippen LogP contribution in [-0.2, 0) is 6.42 Å². The molecule has 3 aromatic rings. The van der Waals surface area contributed by atoms with E-state index in [4.69, 9.17) is 0 Å². The van der Waals surface area contributed by atoms with Crippen LogP contribution < -0.4 is 16.4 Å². The Kier molecular flexibility index (Phi) is 6.03. The molecule has 1 amide bonds. The lowest BCUT2D eigenvalue weighted by Crippen LogP contribution is -2.27. The maximum Gasteiger partial charge on any atom is 0.269 e. The van der Waals surface area contributed by atoms with Crippen LogP contribution in [0.15, 0.2) is 74.7 Å². The van der Waals surface area contributed by atoms with Gasteiger partial charge in [0.2, 0.25) is 0 Å². The number of amides is 1. The van der Waals surface area contributed by atoms with E-state index in [1.54, 1.807) is 24.3 Å². The summed E-state index contributed by atoms with van der Waals surface area (Å²) in [6.07, 6.45) is 1.67. The summed E-state index contributed by atoms with van der Waals surface area (Å²) >= 11 is 3.44. The molecule has 27 heavy (non-hydrogen) atoms. The van der Waals surface area contributed by atoms with Crippen LogP contribution in [0.5, 0.6) is 0 Å². The van der Waals surface area contributed by atoms with Crippen LogP contribution in [0.4, 0.5) is 0 Å². The molecule has 2 aromatic carbocycles. The number of H-pyrrole nitrogens is 1. The van der Waals surface area contributed by atoms with Gasteiger partial charge in [0.15, 0.2) is 0 Å². The Hall–Kier alpha value is -2.93. The van der Waals surface area contributed by atoms with Crippen LogP contribution in [0.1, 0.15) is 22.3 Å². The Morgan fingerprint density at radius 2 is 1.85 bits per heavy atom. The fraction of sp³-hybridized carbons (Fsp3) is 0.150. The first-order valence-electron chi connectivity index (χ1n) is 8.48. The summed E-state index contributed by atoms with van der Waals surface area (Å²) in [5.74, 6) is -0.225. The van der Waals surface area contributed by atoms with Gasteiger partial charge in [-0.3, -0.25) is 19.5 Å². The van der Waals surface area contributed by atoms with E-state index in [2.05, 4.69) is 38.5 Å². The van der Waals surface area contributed by atoms with Gasteiger partial charge in [-0.1, -0.05) is 34.1 Å². The molecule has 1 heterocycles. The molecule has 3 rings (SSSR count). The second-order valence-corrected chi connectivity index (χ2v) is 6.94. The van der Waals surface area contributed by atoms with Crippen molar-refractivity contribution in [3.05, 3.63) is 97.0 Å². The predicted molar refractivity (Wildman–Crippen MR) is 107 cm³/mol. The SMILES string of the molecule is O=C(NCCCc1cccc(Br)c1)c1cccc(-n2[nH]c(=O)ccc2=O)c1. The Labute approximate surface area is 164 Å². The molecule has 0 atom stereocenters. The average Bonchev–Trinajstić information content (AvgIpc) is 2.67. The number of hydrogen-bond donors (Lipinski definition) is 2. The van der Waals surface area contributed by atoms with Gasteiger partial charge in [-0.05, 0) is 48.7 Å². The van der Waals surface area contributed by atoms with Gasteiger partial charge in [0.05, 0.1) is 5.69 Å².